The zero-order valence-electron chi connectivity index (χ0n) is 10.1. The van der Waals surface area contributed by atoms with Crippen molar-refractivity contribution in [3.63, 3.8) is 0 Å². The molecule has 0 radical (unpaired) electrons. The van der Waals surface area contributed by atoms with Crippen LogP contribution in [0.3, 0.4) is 0 Å². The Kier molecular flexibility index (Phi) is 5.81. The van der Waals surface area contributed by atoms with Crippen molar-refractivity contribution < 1.29 is 18.7 Å². The molecule has 0 aromatic carbocycles. The van der Waals surface area contributed by atoms with Gasteiger partial charge in [-0.15, -0.1) is 0 Å². The van der Waals surface area contributed by atoms with Gasteiger partial charge in [0.05, 0.1) is 6.04 Å². The first-order chi connectivity index (χ1) is 7.13. The topological polar surface area (TPSA) is 61.4 Å². The van der Waals surface area contributed by atoms with Crippen molar-refractivity contribution >= 4 is 5.91 Å². The third-order valence-electron chi connectivity index (χ3n) is 1.82. The molecule has 0 heterocycles. The number of rotatable bonds is 5. The number of carbonyl (C=O) groups is 1. The van der Waals surface area contributed by atoms with Gasteiger partial charge in [-0.25, -0.2) is 8.78 Å². The summed E-state index contributed by atoms with van der Waals surface area (Å²) in [6, 6.07) is -0.618. The molecule has 1 amide bonds. The van der Waals surface area contributed by atoms with E-state index >= 15 is 0 Å². The summed E-state index contributed by atoms with van der Waals surface area (Å²) in [4.78, 5) is 11.5. The van der Waals surface area contributed by atoms with Crippen LogP contribution in [-0.4, -0.2) is 41.7 Å². The van der Waals surface area contributed by atoms with E-state index in [0.29, 0.717) is 0 Å². The average Bonchev–Trinajstić information content (AvgIpc) is 2.10. The van der Waals surface area contributed by atoms with E-state index in [4.69, 9.17) is 5.11 Å². The highest BCUT2D eigenvalue weighted by atomic mass is 19.3. The first kappa shape index (κ1) is 15.2. The number of nitrogens with one attached hydrogen (secondary N) is 2. The number of halogens is 2. The fraction of sp³-hybridized carbons (Fsp3) is 0.900. The van der Waals surface area contributed by atoms with E-state index in [1.165, 1.54) is 0 Å². The minimum Gasteiger partial charge on any atom is -0.386 e. The highest BCUT2D eigenvalue weighted by molar-refractivity contribution is 5.81. The van der Waals surface area contributed by atoms with E-state index in [-0.39, 0.29) is 18.0 Å². The molecule has 0 aliphatic carbocycles. The maximum atomic E-state index is 12.0. The maximum Gasteiger partial charge on any atom is 0.265 e. The van der Waals surface area contributed by atoms with Crippen LogP contribution in [0.1, 0.15) is 27.7 Å². The summed E-state index contributed by atoms with van der Waals surface area (Å²) in [5.74, 6) is -0.283. The second-order valence-electron chi connectivity index (χ2n) is 4.77. The van der Waals surface area contributed by atoms with Gasteiger partial charge in [-0.1, -0.05) is 0 Å². The summed E-state index contributed by atoms with van der Waals surface area (Å²) in [7, 11) is 0. The first-order valence-corrected chi connectivity index (χ1v) is 5.15. The lowest BCUT2D eigenvalue weighted by Gasteiger charge is -2.24. The van der Waals surface area contributed by atoms with Crippen LogP contribution in [0.15, 0.2) is 0 Å². The minimum absolute atomic E-state index is 0.283. The fourth-order valence-corrected chi connectivity index (χ4v) is 0.957. The van der Waals surface area contributed by atoms with Crippen molar-refractivity contribution in [1.82, 2.24) is 10.6 Å². The third kappa shape index (κ3) is 6.68. The predicted molar refractivity (Wildman–Crippen MR) is 57.4 cm³/mol. The number of aliphatic hydroxyl groups excluding tert-OH is 1. The molecule has 0 saturated heterocycles. The number of hydrogen-bond donors (Lipinski definition) is 3. The number of alkyl halides is 2. The highest BCUT2D eigenvalue weighted by Crippen LogP contribution is 2.01. The number of amides is 1. The predicted octanol–water partition coefficient (Wildman–Crippen LogP) is 0.505. The third-order valence-corrected chi connectivity index (χ3v) is 1.82. The van der Waals surface area contributed by atoms with Crippen LogP contribution in [-0.2, 0) is 4.79 Å². The van der Waals surface area contributed by atoms with Crippen molar-refractivity contribution in [3.05, 3.63) is 0 Å². The molecule has 96 valence electrons. The Bertz CT molecular complexity index is 229. The van der Waals surface area contributed by atoms with Gasteiger partial charge < -0.3 is 15.7 Å². The Hall–Kier alpha value is -0.750. The van der Waals surface area contributed by atoms with Crippen molar-refractivity contribution in [3.8, 4) is 0 Å². The molecule has 2 atom stereocenters. The van der Waals surface area contributed by atoms with Gasteiger partial charge in [0, 0.05) is 12.1 Å². The molecule has 0 rings (SSSR count). The van der Waals surface area contributed by atoms with Crippen molar-refractivity contribution in [1.29, 1.82) is 0 Å². The van der Waals surface area contributed by atoms with Gasteiger partial charge >= 0.3 is 0 Å². The summed E-state index contributed by atoms with van der Waals surface area (Å²) in [6.07, 6.45) is -4.55. The molecule has 0 fully saturated rings. The van der Waals surface area contributed by atoms with E-state index in [1.807, 2.05) is 20.8 Å². The summed E-state index contributed by atoms with van der Waals surface area (Å²) >= 11 is 0. The lowest BCUT2D eigenvalue weighted by molar-refractivity contribution is -0.124. The van der Waals surface area contributed by atoms with Gasteiger partial charge in [-0.05, 0) is 27.7 Å². The maximum absolute atomic E-state index is 12.0. The second-order valence-corrected chi connectivity index (χ2v) is 4.77. The average molecular weight is 238 g/mol. The summed E-state index contributed by atoms with van der Waals surface area (Å²) in [6.45, 7) is 6.72. The molecule has 0 aliphatic rings. The van der Waals surface area contributed by atoms with Gasteiger partial charge in [0.1, 0.15) is 6.10 Å². The van der Waals surface area contributed by atoms with Crippen LogP contribution in [0.5, 0.6) is 0 Å². The molecular weight excluding hydrogens is 218 g/mol. The molecule has 0 aliphatic heterocycles. The molecule has 0 bridgehead atoms. The lowest BCUT2D eigenvalue weighted by atomic mass is 10.1. The van der Waals surface area contributed by atoms with Crippen LogP contribution >= 0.6 is 0 Å². The van der Waals surface area contributed by atoms with E-state index in [9.17, 15) is 13.6 Å². The van der Waals surface area contributed by atoms with Crippen LogP contribution in [0.25, 0.3) is 0 Å². The molecule has 0 spiro atoms. The molecule has 16 heavy (non-hydrogen) atoms. The van der Waals surface area contributed by atoms with E-state index in [0.717, 1.165) is 0 Å². The highest BCUT2D eigenvalue weighted by Gasteiger charge is 2.22. The summed E-state index contributed by atoms with van der Waals surface area (Å²) in [5.41, 5.74) is -0.367. The Labute approximate surface area is 94.4 Å². The van der Waals surface area contributed by atoms with Gasteiger partial charge in [-0.3, -0.25) is 4.79 Å². The van der Waals surface area contributed by atoms with Gasteiger partial charge in [0.15, 0.2) is 0 Å². The summed E-state index contributed by atoms with van der Waals surface area (Å²) < 4.78 is 23.9. The molecule has 3 N–H and O–H groups in total. The lowest BCUT2D eigenvalue weighted by Crippen LogP contribution is -2.51. The molecule has 6 heteroatoms. The second kappa shape index (κ2) is 6.10. The normalized spacial score (nSPS) is 16.0. The number of carbonyl (C=O) groups excluding carboxylic acids is 1. The largest absolute Gasteiger partial charge is 0.386 e. The molecule has 0 saturated carbocycles. The fourth-order valence-electron chi connectivity index (χ4n) is 0.957. The quantitative estimate of drug-likeness (QED) is 0.654. The van der Waals surface area contributed by atoms with E-state index < -0.39 is 18.6 Å². The van der Waals surface area contributed by atoms with Gasteiger partial charge in [0.2, 0.25) is 5.91 Å². The van der Waals surface area contributed by atoms with Crippen LogP contribution < -0.4 is 10.6 Å². The number of hydrogen-bond acceptors (Lipinski definition) is 3. The molecule has 0 aromatic rings. The van der Waals surface area contributed by atoms with Gasteiger partial charge in [-0.2, -0.15) is 0 Å². The Balaban J connectivity index is 3.98. The zero-order valence-corrected chi connectivity index (χ0v) is 10.1. The van der Waals surface area contributed by atoms with Crippen molar-refractivity contribution in [2.75, 3.05) is 6.54 Å². The van der Waals surface area contributed by atoms with Crippen molar-refractivity contribution in [2.24, 2.45) is 0 Å². The molecule has 4 nitrogen and oxygen atoms in total. The summed E-state index contributed by atoms with van der Waals surface area (Å²) in [5, 5.41) is 14.1. The van der Waals surface area contributed by atoms with Crippen LogP contribution in [0.2, 0.25) is 0 Å². The molecule has 0 aromatic heterocycles. The number of aliphatic hydroxyl groups is 1. The van der Waals surface area contributed by atoms with Crippen LogP contribution in [0.4, 0.5) is 8.78 Å². The van der Waals surface area contributed by atoms with Crippen molar-refractivity contribution in [2.45, 2.75) is 51.8 Å². The molecular formula is C10H20F2N2O2. The SMILES string of the molecule is CC(NCC(O)C(F)F)C(=O)NC(C)(C)C. The monoisotopic (exact) mass is 238 g/mol. The van der Waals surface area contributed by atoms with E-state index in [1.54, 1.807) is 6.92 Å². The standard InChI is InChI=1S/C10H20F2N2O2/c1-6(9(16)14-10(2,3)4)13-5-7(15)8(11)12/h6-8,13,15H,5H2,1-4H3,(H,14,16). The first-order valence-electron chi connectivity index (χ1n) is 5.15. The molecule has 2 unspecified atom stereocenters. The Morgan fingerprint density at radius 3 is 2.25 bits per heavy atom. The Morgan fingerprint density at radius 2 is 1.88 bits per heavy atom. The van der Waals surface area contributed by atoms with Gasteiger partial charge in [0.25, 0.3) is 6.43 Å². The zero-order chi connectivity index (χ0) is 12.9. The van der Waals surface area contributed by atoms with E-state index in [2.05, 4.69) is 10.6 Å². The minimum atomic E-state index is -2.80. The Morgan fingerprint density at radius 1 is 1.38 bits per heavy atom. The smallest absolute Gasteiger partial charge is 0.265 e. The van der Waals surface area contributed by atoms with Crippen LogP contribution in [0, 0.1) is 0 Å².